The fourth-order valence-electron chi connectivity index (χ4n) is 7.66. The van der Waals surface area contributed by atoms with E-state index >= 15 is 0 Å². The molecular weight excluding hydrogens is 683 g/mol. The van der Waals surface area contributed by atoms with Gasteiger partial charge in [-0.15, -0.1) is 0 Å². The predicted molar refractivity (Wildman–Crippen MR) is 216 cm³/mol. The zero-order valence-corrected chi connectivity index (χ0v) is 35.2. The lowest BCUT2D eigenvalue weighted by Crippen LogP contribution is -2.60. The Bertz CT molecular complexity index is 1290. The van der Waals surface area contributed by atoms with E-state index in [0.717, 1.165) is 63.7 Å². The van der Waals surface area contributed by atoms with E-state index in [9.17, 15) is 24.0 Å². The highest BCUT2D eigenvalue weighted by molar-refractivity contribution is 5.90. The molecule has 1 N–H and O–H groups in total. The maximum atomic E-state index is 13.7. The molecule has 54 heavy (non-hydrogen) atoms. The van der Waals surface area contributed by atoms with Gasteiger partial charge in [0.15, 0.2) is 0 Å². The van der Waals surface area contributed by atoms with Crippen molar-refractivity contribution in [3.05, 3.63) is 35.9 Å². The van der Waals surface area contributed by atoms with Crippen LogP contribution in [0, 0.1) is 11.3 Å². The van der Waals surface area contributed by atoms with Crippen molar-refractivity contribution >= 4 is 30.5 Å². The highest BCUT2D eigenvalue weighted by Crippen LogP contribution is 2.26. The van der Waals surface area contributed by atoms with Crippen LogP contribution in [0.4, 0.5) is 0 Å². The Morgan fingerprint density at radius 2 is 1.59 bits per heavy atom. The van der Waals surface area contributed by atoms with Crippen molar-refractivity contribution in [3.8, 4) is 0 Å². The number of amides is 3. The van der Waals surface area contributed by atoms with Crippen LogP contribution in [0.25, 0.3) is 0 Å². The molecule has 3 fully saturated rings. The number of ether oxygens (including phenoxy) is 1. The normalized spacial score (nSPS) is 22.1. The second-order valence-electron chi connectivity index (χ2n) is 16.9. The number of aldehydes is 1. The summed E-state index contributed by atoms with van der Waals surface area (Å²) in [5, 5.41) is 3.15. The standard InChI is InChI=1S/C24H46N4O2.C13H16O3.C6H11NO/c1-17(2)20(16-28-15-11-12-18(28)3)27(8)23(30)21(24(4,5)6)25-22(29)19-13-9-10-14-26(19)7;1-2-16-13(15)10-12(8-9-14)11-6-4-3-5-7-11;1-6-3-2-4-7(6)5-8/h17-21H,9-16H2,1-8H3,(H,25,29);3-7,9,12H,2,8,10H2,1H3;5-6H,2-4H2,1H3/t18-,19?,20?,21?;;6-/m1.1/s1. The van der Waals surface area contributed by atoms with Crippen molar-refractivity contribution < 1.29 is 28.7 Å². The van der Waals surface area contributed by atoms with E-state index in [0.29, 0.717) is 31.0 Å². The molecule has 4 rings (SSSR count). The number of esters is 1. The number of likely N-dealkylation sites (N-methyl/N-ethyl adjacent to an activating group) is 2. The number of hydrogen-bond acceptors (Lipinski definition) is 8. The molecule has 0 aliphatic carbocycles. The minimum Gasteiger partial charge on any atom is -0.466 e. The summed E-state index contributed by atoms with van der Waals surface area (Å²) in [6.07, 6.45) is 10.3. The fourth-order valence-corrected chi connectivity index (χ4v) is 7.66. The Hall–Kier alpha value is -3.31. The van der Waals surface area contributed by atoms with Crippen LogP contribution >= 0.6 is 0 Å². The first-order valence-corrected chi connectivity index (χ1v) is 20.4. The summed E-state index contributed by atoms with van der Waals surface area (Å²) in [5.74, 6) is 0.0523. The van der Waals surface area contributed by atoms with E-state index in [1.54, 1.807) is 6.92 Å². The van der Waals surface area contributed by atoms with Crippen molar-refractivity contribution in [2.45, 2.75) is 149 Å². The zero-order valence-electron chi connectivity index (χ0n) is 35.2. The van der Waals surface area contributed by atoms with Gasteiger partial charge in [0.25, 0.3) is 0 Å². The van der Waals surface area contributed by atoms with E-state index in [-0.39, 0.29) is 47.6 Å². The summed E-state index contributed by atoms with van der Waals surface area (Å²) < 4.78 is 4.89. The van der Waals surface area contributed by atoms with E-state index < -0.39 is 6.04 Å². The van der Waals surface area contributed by atoms with Crippen molar-refractivity contribution in [2.75, 3.05) is 46.9 Å². The molecule has 1 aromatic carbocycles. The summed E-state index contributed by atoms with van der Waals surface area (Å²) in [6, 6.07) is 10.1. The maximum Gasteiger partial charge on any atom is 0.306 e. The van der Waals surface area contributed by atoms with Crippen LogP contribution in [0.3, 0.4) is 0 Å². The Labute approximate surface area is 326 Å². The second kappa shape index (κ2) is 23.6. The summed E-state index contributed by atoms with van der Waals surface area (Å²) in [4.78, 5) is 67.2. The topological polar surface area (TPSA) is 120 Å². The number of nitrogens with zero attached hydrogens (tertiary/aromatic N) is 4. The molecule has 1 aromatic rings. The Kier molecular flexibility index (Phi) is 20.4. The van der Waals surface area contributed by atoms with Gasteiger partial charge in [0, 0.05) is 50.6 Å². The van der Waals surface area contributed by atoms with Crippen LogP contribution in [-0.2, 0) is 28.7 Å². The lowest BCUT2D eigenvalue weighted by atomic mass is 9.84. The Morgan fingerprint density at radius 1 is 0.944 bits per heavy atom. The smallest absolute Gasteiger partial charge is 0.306 e. The number of benzene rings is 1. The lowest BCUT2D eigenvalue weighted by Gasteiger charge is -2.41. The van der Waals surface area contributed by atoms with Gasteiger partial charge in [0.2, 0.25) is 18.2 Å². The number of piperidine rings is 1. The molecule has 306 valence electrons. The van der Waals surface area contributed by atoms with Gasteiger partial charge in [0.05, 0.1) is 19.1 Å². The predicted octanol–water partition coefficient (Wildman–Crippen LogP) is 5.91. The van der Waals surface area contributed by atoms with Crippen molar-refractivity contribution in [1.29, 1.82) is 0 Å². The molecule has 3 heterocycles. The van der Waals surface area contributed by atoms with Crippen molar-refractivity contribution in [2.24, 2.45) is 11.3 Å². The number of hydrogen-bond donors (Lipinski definition) is 1. The highest BCUT2D eigenvalue weighted by atomic mass is 16.5. The minimum atomic E-state index is -0.525. The van der Waals surface area contributed by atoms with Gasteiger partial charge >= 0.3 is 5.97 Å². The van der Waals surface area contributed by atoms with Crippen molar-refractivity contribution in [1.82, 2.24) is 24.9 Å². The zero-order chi connectivity index (χ0) is 40.4. The molecule has 0 saturated carbocycles. The number of carbonyl (C=O) groups excluding carboxylic acids is 5. The number of nitrogens with one attached hydrogen (secondary N) is 1. The third-order valence-corrected chi connectivity index (χ3v) is 11.3. The molecule has 0 bridgehead atoms. The third kappa shape index (κ3) is 15.1. The molecule has 4 unspecified atom stereocenters. The largest absolute Gasteiger partial charge is 0.466 e. The first-order chi connectivity index (χ1) is 25.5. The quantitative estimate of drug-likeness (QED) is 0.184. The van der Waals surface area contributed by atoms with E-state index in [1.807, 2.05) is 75.0 Å². The Balaban J connectivity index is 0.000000346. The monoisotopic (exact) mass is 756 g/mol. The van der Waals surface area contributed by atoms with Crippen LogP contribution in [0.15, 0.2) is 30.3 Å². The fraction of sp³-hybridized carbons (Fsp3) is 0.744. The van der Waals surface area contributed by atoms with Gasteiger partial charge in [-0.2, -0.15) is 0 Å². The molecule has 3 aliphatic heterocycles. The molecule has 0 radical (unpaired) electrons. The van der Waals surface area contributed by atoms with Crippen LogP contribution < -0.4 is 5.32 Å². The summed E-state index contributed by atoms with van der Waals surface area (Å²) in [6.45, 7) is 20.9. The molecule has 0 aromatic heterocycles. The number of likely N-dealkylation sites (tertiary alicyclic amines) is 3. The Morgan fingerprint density at radius 3 is 2.07 bits per heavy atom. The van der Waals surface area contributed by atoms with Crippen LogP contribution in [0.5, 0.6) is 0 Å². The molecule has 11 heteroatoms. The van der Waals surface area contributed by atoms with Gasteiger partial charge in [-0.25, -0.2) is 0 Å². The molecule has 11 nitrogen and oxygen atoms in total. The van der Waals surface area contributed by atoms with E-state index in [1.165, 1.54) is 25.7 Å². The highest BCUT2D eigenvalue weighted by Gasteiger charge is 2.40. The molecular formula is C43H73N5O6. The van der Waals surface area contributed by atoms with Gasteiger partial charge in [-0.1, -0.05) is 71.4 Å². The van der Waals surface area contributed by atoms with Crippen LogP contribution in [0.1, 0.15) is 125 Å². The average Bonchev–Trinajstić information content (AvgIpc) is 3.75. The number of rotatable bonds is 14. The molecule has 3 aliphatic rings. The molecule has 3 saturated heterocycles. The SMILES string of the molecule is CC(C)C(CN1CCC[C@H]1C)N(C)C(=O)C(NC(=O)C1CCCCN1C)C(C)(C)C.CCOC(=O)CC(CC=O)c1ccccc1.C[C@@H]1CCCN1C=O. The molecule has 3 amide bonds. The average molecular weight is 756 g/mol. The van der Waals surface area contributed by atoms with E-state index in [4.69, 9.17) is 4.74 Å². The van der Waals surface area contributed by atoms with Gasteiger partial charge in [0.1, 0.15) is 12.3 Å². The minimum absolute atomic E-state index is 0.00635. The summed E-state index contributed by atoms with van der Waals surface area (Å²) in [5.41, 5.74) is 0.652. The summed E-state index contributed by atoms with van der Waals surface area (Å²) >= 11 is 0. The van der Waals surface area contributed by atoms with Gasteiger partial charge < -0.3 is 24.6 Å². The number of carbonyl (C=O) groups is 5. The molecule has 0 spiro atoms. The summed E-state index contributed by atoms with van der Waals surface area (Å²) in [7, 11) is 3.93. The van der Waals surface area contributed by atoms with Crippen molar-refractivity contribution in [3.63, 3.8) is 0 Å². The third-order valence-electron chi connectivity index (χ3n) is 11.3. The first-order valence-electron chi connectivity index (χ1n) is 20.4. The van der Waals surface area contributed by atoms with Crippen LogP contribution in [0.2, 0.25) is 0 Å². The lowest BCUT2D eigenvalue weighted by molar-refractivity contribution is -0.143. The van der Waals surface area contributed by atoms with E-state index in [2.05, 4.69) is 42.8 Å². The van der Waals surface area contributed by atoms with Gasteiger partial charge in [-0.3, -0.25) is 29.0 Å². The first kappa shape index (κ1) is 46.8. The van der Waals surface area contributed by atoms with Crippen LogP contribution in [-0.4, -0.2) is 127 Å². The maximum absolute atomic E-state index is 13.7. The molecule has 6 atom stereocenters. The second-order valence-corrected chi connectivity index (χ2v) is 16.9. The van der Waals surface area contributed by atoms with Gasteiger partial charge in [-0.05, 0) is 96.3 Å².